The lowest BCUT2D eigenvalue weighted by Crippen LogP contribution is -2.47. The molecule has 1 unspecified atom stereocenters. The molecule has 0 aliphatic carbocycles. The van der Waals surface area contributed by atoms with Crippen molar-refractivity contribution >= 4 is 54.5 Å². The molecule has 0 amide bonds. The Hall–Kier alpha value is -2.00. The van der Waals surface area contributed by atoms with E-state index in [0.29, 0.717) is 11.7 Å². The number of anilines is 1. The molecule has 0 saturated carbocycles. The number of thiazole rings is 1. The number of hydrogen-bond acceptors (Lipinski definition) is 7. The average Bonchev–Trinajstić information content (AvgIpc) is 3.29. The molecule has 9 heteroatoms. The maximum atomic E-state index is 12.9. The average molecular weight is 478 g/mol. The molecule has 0 spiro atoms. The van der Waals surface area contributed by atoms with E-state index >= 15 is 0 Å². The van der Waals surface area contributed by atoms with E-state index in [1.54, 1.807) is 42.6 Å². The lowest BCUT2D eigenvalue weighted by Gasteiger charge is -2.34. The molecule has 3 aromatic rings. The summed E-state index contributed by atoms with van der Waals surface area (Å²) in [6.45, 7) is 1.35. The van der Waals surface area contributed by atoms with Gasteiger partial charge in [0.15, 0.2) is 20.8 Å². The molecule has 0 radical (unpaired) electrons. The van der Waals surface area contributed by atoms with E-state index in [1.165, 1.54) is 11.3 Å². The van der Waals surface area contributed by atoms with Crippen molar-refractivity contribution in [3.63, 3.8) is 0 Å². The predicted molar refractivity (Wildman–Crippen MR) is 126 cm³/mol. The van der Waals surface area contributed by atoms with Gasteiger partial charge in [-0.05, 0) is 47.9 Å². The fourth-order valence-corrected chi connectivity index (χ4v) is 5.92. The van der Waals surface area contributed by atoms with Crippen LogP contribution in [-0.4, -0.2) is 49.1 Å². The van der Waals surface area contributed by atoms with Gasteiger partial charge in [-0.2, -0.15) is 0 Å². The van der Waals surface area contributed by atoms with Crippen LogP contribution in [0, 0.1) is 0 Å². The van der Waals surface area contributed by atoms with Gasteiger partial charge in [0.05, 0.1) is 23.4 Å². The van der Waals surface area contributed by atoms with Gasteiger partial charge in [0, 0.05) is 29.6 Å². The van der Waals surface area contributed by atoms with Crippen LogP contribution in [0.25, 0.3) is 10.8 Å². The van der Waals surface area contributed by atoms with E-state index in [2.05, 4.69) is 15.2 Å². The first-order valence-electron chi connectivity index (χ1n) is 10.2. The van der Waals surface area contributed by atoms with Crippen LogP contribution in [0.1, 0.15) is 25.7 Å². The number of rotatable bonds is 8. The number of halogens is 1. The Labute approximate surface area is 191 Å². The Kier molecular flexibility index (Phi) is 6.91. The minimum absolute atomic E-state index is 0.0133. The van der Waals surface area contributed by atoms with Crippen LogP contribution < -0.4 is 5.32 Å². The summed E-state index contributed by atoms with van der Waals surface area (Å²) in [7, 11) is -3.56. The molecular formula is C22H24ClN3O3S2. The quantitative estimate of drug-likeness (QED) is 0.510. The van der Waals surface area contributed by atoms with Gasteiger partial charge in [-0.3, -0.25) is 9.69 Å². The lowest BCUT2D eigenvalue weighted by atomic mass is 9.98. The van der Waals surface area contributed by atoms with Crippen LogP contribution in [0.2, 0.25) is 5.02 Å². The van der Waals surface area contributed by atoms with Crippen LogP contribution in [-0.2, 0) is 14.6 Å². The maximum Gasteiger partial charge on any atom is 0.183 e. The van der Waals surface area contributed by atoms with E-state index in [-0.39, 0.29) is 28.9 Å². The van der Waals surface area contributed by atoms with Crippen LogP contribution in [0.15, 0.2) is 52.9 Å². The normalized spacial score (nSPS) is 17.6. The van der Waals surface area contributed by atoms with Gasteiger partial charge in [0.1, 0.15) is 0 Å². The van der Waals surface area contributed by atoms with Crippen LogP contribution in [0.5, 0.6) is 0 Å². The third kappa shape index (κ3) is 5.44. The molecule has 1 aromatic heterocycles. The van der Waals surface area contributed by atoms with Gasteiger partial charge in [0.25, 0.3) is 0 Å². The molecule has 0 bridgehead atoms. The summed E-state index contributed by atoms with van der Waals surface area (Å²) in [5.41, 5.74) is 0. The van der Waals surface area contributed by atoms with Gasteiger partial charge in [-0.25, -0.2) is 13.4 Å². The number of nitrogens with zero attached hydrogens (tertiary/aromatic N) is 2. The number of fused-ring (bicyclic) bond motifs is 1. The number of Topliss-reactive ketones (excluding diaryl/α,β-unsaturated/α-hetero) is 1. The zero-order chi connectivity index (χ0) is 21.8. The van der Waals surface area contributed by atoms with E-state index in [9.17, 15) is 13.2 Å². The van der Waals surface area contributed by atoms with Crippen molar-refractivity contribution in [2.45, 2.75) is 36.6 Å². The summed E-state index contributed by atoms with van der Waals surface area (Å²) in [6.07, 6.45) is 4.51. The number of ketones is 1. The highest BCUT2D eigenvalue weighted by Gasteiger charge is 2.29. The van der Waals surface area contributed by atoms with Crippen molar-refractivity contribution in [2.75, 3.05) is 24.3 Å². The number of nitrogens with one attached hydrogen (secondary N) is 1. The molecule has 4 rings (SSSR count). The molecule has 2 heterocycles. The molecular weight excluding hydrogens is 454 g/mol. The topological polar surface area (TPSA) is 79.4 Å². The van der Waals surface area contributed by atoms with Gasteiger partial charge < -0.3 is 5.32 Å². The van der Waals surface area contributed by atoms with Crippen molar-refractivity contribution in [2.24, 2.45) is 0 Å². The van der Waals surface area contributed by atoms with Crippen molar-refractivity contribution in [1.82, 2.24) is 9.88 Å². The molecule has 1 fully saturated rings. The Morgan fingerprint density at radius 1 is 1.19 bits per heavy atom. The van der Waals surface area contributed by atoms with Crippen LogP contribution in [0.3, 0.4) is 0 Å². The highest BCUT2D eigenvalue weighted by molar-refractivity contribution is 7.91. The monoisotopic (exact) mass is 477 g/mol. The first-order chi connectivity index (χ1) is 14.9. The Morgan fingerprint density at radius 3 is 2.81 bits per heavy atom. The summed E-state index contributed by atoms with van der Waals surface area (Å²) in [6, 6.07) is 10.1. The van der Waals surface area contributed by atoms with Crippen LogP contribution in [0.4, 0.5) is 5.13 Å². The third-order valence-electron chi connectivity index (χ3n) is 5.60. The second kappa shape index (κ2) is 9.65. The first-order valence-corrected chi connectivity index (χ1v) is 13.2. The number of benzene rings is 2. The van der Waals surface area contributed by atoms with E-state index in [0.717, 1.165) is 41.7 Å². The second-order valence-corrected chi connectivity index (χ2v) is 11.1. The Morgan fingerprint density at radius 2 is 2.00 bits per heavy atom. The number of carbonyl (C=O) groups is 1. The van der Waals surface area contributed by atoms with Crippen molar-refractivity contribution in [3.8, 4) is 0 Å². The minimum atomic E-state index is -3.56. The van der Waals surface area contributed by atoms with Crippen LogP contribution >= 0.6 is 22.9 Å². The molecule has 1 aliphatic rings. The fraction of sp³-hybridized carbons (Fsp3) is 0.364. The van der Waals surface area contributed by atoms with E-state index < -0.39 is 9.84 Å². The van der Waals surface area contributed by atoms with Gasteiger partial charge in [-0.15, -0.1) is 11.3 Å². The summed E-state index contributed by atoms with van der Waals surface area (Å²) in [4.78, 5) is 19.5. The van der Waals surface area contributed by atoms with Crippen molar-refractivity contribution in [1.29, 1.82) is 0 Å². The molecule has 6 nitrogen and oxygen atoms in total. The maximum absolute atomic E-state index is 12.9. The predicted octanol–water partition coefficient (Wildman–Crippen LogP) is 4.61. The summed E-state index contributed by atoms with van der Waals surface area (Å²) in [5, 5.41) is 8.26. The smallest absolute Gasteiger partial charge is 0.183 e. The molecule has 1 atom stereocenters. The lowest BCUT2D eigenvalue weighted by molar-refractivity contribution is -0.124. The zero-order valence-electron chi connectivity index (χ0n) is 17.0. The highest BCUT2D eigenvalue weighted by atomic mass is 35.5. The first kappa shape index (κ1) is 22.2. The number of sulfone groups is 1. The number of piperidine rings is 1. The van der Waals surface area contributed by atoms with Crippen molar-refractivity contribution in [3.05, 3.63) is 53.0 Å². The van der Waals surface area contributed by atoms with E-state index in [4.69, 9.17) is 11.6 Å². The van der Waals surface area contributed by atoms with Gasteiger partial charge in [-0.1, -0.05) is 30.2 Å². The molecule has 1 N–H and O–H groups in total. The zero-order valence-corrected chi connectivity index (χ0v) is 19.3. The summed E-state index contributed by atoms with van der Waals surface area (Å²) >= 11 is 7.52. The van der Waals surface area contributed by atoms with E-state index in [1.807, 2.05) is 5.38 Å². The third-order valence-corrected chi connectivity index (χ3v) is 8.28. The molecule has 2 aromatic carbocycles. The molecule has 1 saturated heterocycles. The number of carbonyl (C=O) groups excluding carboxylic acids is 1. The number of likely N-dealkylation sites (tertiary alicyclic amines) is 1. The standard InChI is InChI=1S/C22H24ClN3O3S2/c23-18-6-4-17-14-19(7-5-16(17)13-18)31(28,29)12-8-21(27)20-3-1-2-10-26(20)15-25-22-24-9-11-30-22/h4-7,9,11,13-14,20H,1-3,8,10,12,15H2,(H,24,25). The largest absolute Gasteiger partial charge is 0.349 e. The second-order valence-electron chi connectivity index (χ2n) is 7.68. The number of hydrogen-bond donors (Lipinski definition) is 1. The summed E-state index contributed by atoms with van der Waals surface area (Å²) < 4.78 is 25.8. The Bertz CT molecular complexity index is 1170. The molecule has 1 aliphatic heterocycles. The summed E-state index contributed by atoms with van der Waals surface area (Å²) in [5.74, 6) is -0.202. The minimum Gasteiger partial charge on any atom is -0.349 e. The fourth-order valence-electron chi connectivity index (χ4n) is 3.93. The van der Waals surface area contributed by atoms with Gasteiger partial charge >= 0.3 is 0 Å². The molecule has 164 valence electrons. The van der Waals surface area contributed by atoms with Gasteiger partial charge in [0.2, 0.25) is 0 Å². The molecule has 31 heavy (non-hydrogen) atoms. The van der Waals surface area contributed by atoms with Crippen molar-refractivity contribution < 1.29 is 13.2 Å². The highest BCUT2D eigenvalue weighted by Crippen LogP contribution is 2.24. The SMILES string of the molecule is O=C(CCS(=O)(=O)c1ccc2cc(Cl)ccc2c1)C1CCCCN1CNc1nccs1. The number of aromatic nitrogens is 1. The Balaban J connectivity index is 1.40.